The Hall–Kier alpha value is -2.08. The zero-order valence-electron chi connectivity index (χ0n) is 7.78. The molecule has 0 unspecified atom stereocenters. The van der Waals surface area contributed by atoms with Crippen molar-refractivity contribution in [1.82, 2.24) is 4.98 Å². The van der Waals surface area contributed by atoms with Crippen molar-refractivity contribution in [3.63, 3.8) is 0 Å². The molecule has 0 aliphatic carbocycles. The molecule has 0 radical (unpaired) electrons. The highest BCUT2D eigenvalue weighted by Gasteiger charge is 2.02. The molecule has 1 heterocycles. The smallest absolute Gasteiger partial charge is 0.143 e. The Kier molecular flexibility index (Phi) is 2.04. The van der Waals surface area contributed by atoms with Crippen LogP contribution in [0.25, 0.3) is 10.8 Å². The molecule has 0 amide bonds. The average Bonchev–Trinajstić information content (AvgIpc) is 2.27. The number of nitriles is 1. The normalized spacial score (nSPS) is 9.71. The number of hydrogen-bond donors (Lipinski definition) is 1. The van der Waals surface area contributed by atoms with Crippen LogP contribution in [0.3, 0.4) is 0 Å². The Morgan fingerprint density at radius 1 is 1.36 bits per heavy atom. The maximum atomic E-state index is 8.78. The van der Waals surface area contributed by atoms with Crippen LogP contribution in [0.5, 0.6) is 0 Å². The second kappa shape index (κ2) is 3.35. The van der Waals surface area contributed by atoms with Crippen LogP contribution < -0.4 is 5.32 Å². The van der Waals surface area contributed by atoms with Crippen molar-refractivity contribution in [3.05, 3.63) is 36.0 Å². The molecule has 1 aromatic heterocycles. The van der Waals surface area contributed by atoms with Gasteiger partial charge in [0.1, 0.15) is 17.6 Å². The van der Waals surface area contributed by atoms with Crippen LogP contribution in [0.1, 0.15) is 5.69 Å². The minimum atomic E-state index is 0.438. The van der Waals surface area contributed by atoms with Crippen LogP contribution in [-0.2, 0) is 0 Å². The number of rotatable bonds is 1. The fourth-order valence-corrected chi connectivity index (χ4v) is 1.45. The van der Waals surface area contributed by atoms with Gasteiger partial charge in [-0.15, -0.1) is 0 Å². The fraction of sp³-hybridized carbons (Fsp3) is 0.0909. The van der Waals surface area contributed by atoms with E-state index >= 15 is 0 Å². The predicted octanol–water partition coefficient (Wildman–Crippen LogP) is 2.15. The van der Waals surface area contributed by atoms with Gasteiger partial charge in [0.2, 0.25) is 0 Å². The SMILES string of the molecule is CNc1nc(C#N)cc2ccccc12. The van der Waals surface area contributed by atoms with Crippen LogP contribution in [0, 0.1) is 11.3 Å². The molecule has 1 N–H and O–H groups in total. The van der Waals surface area contributed by atoms with Crippen molar-refractivity contribution in [2.45, 2.75) is 0 Å². The van der Waals surface area contributed by atoms with Gasteiger partial charge >= 0.3 is 0 Å². The van der Waals surface area contributed by atoms with E-state index in [2.05, 4.69) is 10.3 Å². The summed E-state index contributed by atoms with van der Waals surface area (Å²) >= 11 is 0. The first-order chi connectivity index (χ1) is 6.85. The molecule has 1 aromatic carbocycles. The number of benzene rings is 1. The lowest BCUT2D eigenvalue weighted by Crippen LogP contribution is -1.95. The molecule has 0 aliphatic heterocycles. The first kappa shape index (κ1) is 8.52. The first-order valence-corrected chi connectivity index (χ1v) is 4.33. The summed E-state index contributed by atoms with van der Waals surface area (Å²) in [5, 5.41) is 13.8. The molecule has 0 aliphatic rings. The molecule has 0 fully saturated rings. The number of hydrogen-bond acceptors (Lipinski definition) is 3. The second-order valence-electron chi connectivity index (χ2n) is 2.94. The number of aromatic nitrogens is 1. The zero-order chi connectivity index (χ0) is 9.97. The summed E-state index contributed by atoms with van der Waals surface area (Å²) in [5.74, 6) is 0.750. The molecule has 0 spiro atoms. The molecular weight excluding hydrogens is 174 g/mol. The fourth-order valence-electron chi connectivity index (χ4n) is 1.45. The van der Waals surface area contributed by atoms with Crippen molar-refractivity contribution in [1.29, 1.82) is 5.26 Å². The first-order valence-electron chi connectivity index (χ1n) is 4.33. The maximum Gasteiger partial charge on any atom is 0.143 e. The average molecular weight is 183 g/mol. The Bertz CT molecular complexity index is 511. The lowest BCUT2D eigenvalue weighted by Gasteiger charge is -2.04. The third kappa shape index (κ3) is 1.27. The predicted molar refractivity (Wildman–Crippen MR) is 56.0 cm³/mol. The topological polar surface area (TPSA) is 48.7 Å². The molecule has 3 heteroatoms. The van der Waals surface area contributed by atoms with Crippen LogP contribution >= 0.6 is 0 Å². The van der Waals surface area contributed by atoms with Gasteiger partial charge in [-0.05, 0) is 11.5 Å². The Balaban J connectivity index is 2.81. The summed E-state index contributed by atoms with van der Waals surface area (Å²) in [6, 6.07) is 11.7. The van der Waals surface area contributed by atoms with Gasteiger partial charge in [-0.1, -0.05) is 24.3 Å². The highest BCUT2D eigenvalue weighted by Crippen LogP contribution is 2.21. The van der Waals surface area contributed by atoms with Gasteiger partial charge in [-0.2, -0.15) is 5.26 Å². The molecule has 68 valence electrons. The Morgan fingerprint density at radius 3 is 2.86 bits per heavy atom. The molecule has 0 saturated heterocycles. The van der Waals surface area contributed by atoms with Crippen molar-refractivity contribution in [2.24, 2.45) is 0 Å². The van der Waals surface area contributed by atoms with E-state index in [4.69, 9.17) is 5.26 Å². The van der Waals surface area contributed by atoms with E-state index in [-0.39, 0.29) is 0 Å². The summed E-state index contributed by atoms with van der Waals surface area (Å²) in [4.78, 5) is 4.17. The number of nitrogens with one attached hydrogen (secondary N) is 1. The molecule has 0 atom stereocenters. The lowest BCUT2D eigenvalue weighted by molar-refractivity contribution is 1.26. The van der Waals surface area contributed by atoms with Crippen LogP contribution in [0.4, 0.5) is 5.82 Å². The summed E-state index contributed by atoms with van der Waals surface area (Å²) < 4.78 is 0. The van der Waals surface area contributed by atoms with Gasteiger partial charge < -0.3 is 5.32 Å². The van der Waals surface area contributed by atoms with Crippen molar-refractivity contribution < 1.29 is 0 Å². The maximum absolute atomic E-state index is 8.78. The molecular formula is C11H9N3. The van der Waals surface area contributed by atoms with E-state index in [1.165, 1.54) is 0 Å². The molecule has 14 heavy (non-hydrogen) atoms. The van der Waals surface area contributed by atoms with Gasteiger partial charge in [-0.3, -0.25) is 0 Å². The highest BCUT2D eigenvalue weighted by molar-refractivity contribution is 5.92. The number of nitrogens with zero attached hydrogens (tertiary/aromatic N) is 2. The molecule has 2 rings (SSSR count). The minimum Gasteiger partial charge on any atom is -0.373 e. The molecule has 3 nitrogen and oxygen atoms in total. The zero-order valence-corrected chi connectivity index (χ0v) is 7.78. The highest BCUT2D eigenvalue weighted by atomic mass is 15.0. The largest absolute Gasteiger partial charge is 0.373 e. The van der Waals surface area contributed by atoms with E-state index in [1.807, 2.05) is 30.3 Å². The van der Waals surface area contributed by atoms with Crippen molar-refractivity contribution >= 4 is 16.6 Å². The van der Waals surface area contributed by atoms with Gasteiger partial charge in [0.05, 0.1) is 0 Å². The van der Waals surface area contributed by atoms with Crippen LogP contribution in [0.15, 0.2) is 30.3 Å². The lowest BCUT2D eigenvalue weighted by atomic mass is 10.1. The summed E-state index contributed by atoms with van der Waals surface area (Å²) in [6.45, 7) is 0. The van der Waals surface area contributed by atoms with Crippen LogP contribution in [0.2, 0.25) is 0 Å². The van der Waals surface area contributed by atoms with Gasteiger partial charge in [0.15, 0.2) is 0 Å². The van der Waals surface area contributed by atoms with Crippen molar-refractivity contribution in [2.75, 3.05) is 12.4 Å². The number of anilines is 1. The van der Waals surface area contributed by atoms with Crippen LogP contribution in [-0.4, -0.2) is 12.0 Å². The number of pyridine rings is 1. The Labute approximate surface area is 82.0 Å². The quantitative estimate of drug-likeness (QED) is 0.736. The monoisotopic (exact) mass is 183 g/mol. The van der Waals surface area contributed by atoms with E-state index in [0.29, 0.717) is 5.69 Å². The minimum absolute atomic E-state index is 0.438. The summed E-state index contributed by atoms with van der Waals surface area (Å²) in [7, 11) is 1.80. The van der Waals surface area contributed by atoms with Gasteiger partial charge in [0, 0.05) is 12.4 Å². The molecule has 2 aromatic rings. The standard InChI is InChI=1S/C11H9N3/c1-13-11-10-5-3-2-4-8(10)6-9(7-12)14-11/h2-6H,1H3,(H,13,14). The second-order valence-corrected chi connectivity index (χ2v) is 2.94. The third-order valence-electron chi connectivity index (χ3n) is 2.09. The van der Waals surface area contributed by atoms with Gasteiger partial charge in [-0.25, -0.2) is 4.98 Å². The summed E-state index contributed by atoms with van der Waals surface area (Å²) in [5.41, 5.74) is 0.438. The van der Waals surface area contributed by atoms with E-state index < -0.39 is 0 Å². The molecule has 0 bridgehead atoms. The van der Waals surface area contributed by atoms with E-state index in [0.717, 1.165) is 16.6 Å². The van der Waals surface area contributed by atoms with E-state index in [1.54, 1.807) is 13.1 Å². The third-order valence-corrected chi connectivity index (χ3v) is 2.09. The Morgan fingerprint density at radius 2 is 2.14 bits per heavy atom. The van der Waals surface area contributed by atoms with E-state index in [9.17, 15) is 0 Å². The van der Waals surface area contributed by atoms with Gasteiger partial charge in [0.25, 0.3) is 0 Å². The molecule has 0 saturated carbocycles. The van der Waals surface area contributed by atoms with Crippen molar-refractivity contribution in [3.8, 4) is 6.07 Å². The number of fused-ring (bicyclic) bond motifs is 1. The summed E-state index contributed by atoms with van der Waals surface area (Å²) in [6.07, 6.45) is 0.